The first-order valence-electron chi connectivity index (χ1n) is 8.95. The van der Waals surface area contributed by atoms with Gasteiger partial charge in [-0.05, 0) is 45.0 Å². The molecule has 3 aromatic rings. The van der Waals surface area contributed by atoms with Crippen LogP contribution >= 0.6 is 0 Å². The zero-order chi connectivity index (χ0) is 20.3. The van der Waals surface area contributed by atoms with E-state index in [-0.39, 0.29) is 23.1 Å². The first kappa shape index (κ1) is 19.4. The smallest absolute Gasteiger partial charge is 0.374 e. The number of benzene rings is 2. The zero-order valence-corrected chi connectivity index (χ0v) is 16.0. The van der Waals surface area contributed by atoms with Crippen LogP contribution in [0, 0.1) is 6.92 Å². The average Bonchev–Trinajstić information content (AvgIpc) is 2.67. The molecule has 0 radical (unpaired) electrons. The van der Waals surface area contributed by atoms with Crippen molar-refractivity contribution in [2.75, 3.05) is 11.5 Å². The predicted octanol–water partition coefficient (Wildman–Crippen LogP) is 3.70. The highest BCUT2D eigenvalue weighted by Crippen LogP contribution is 2.18. The number of carbonyl (C=O) groups is 2. The summed E-state index contributed by atoms with van der Waals surface area (Å²) in [6, 6.07) is 15.2. The Morgan fingerprint density at radius 1 is 1.07 bits per heavy atom. The molecule has 28 heavy (non-hydrogen) atoms. The Labute approximate surface area is 162 Å². The van der Waals surface area contributed by atoms with Crippen molar-refractivity contribution in [1.29, 1.82) is 0 Å². The SMILES string of the molecule is Cc1ccc2oc(C(=O)OCC(=O)N(c3ccccc3)C(C)C)cc(=O)c2c1. The molecule has 3 rings (SSSR count). The second-order valence-electron chi connectivity index (χ2n) is 6.74. The molecule has 6 heteroatoms. The van der Waals surface area contributed by atoms with Crippen LogP contribution in [0.2, 0.25) is 0 Å². The van der Waals surface area contributed by atoms with Gasteiger partial charge >= 0.3 is 5.97 Å². The molecule has 144 valence electrons. The van der Waals surface area contributed by atoms with Gasteiger partial charge in [-0.1, -0.05) is 29.8 Å². The minimum absolute atomic E-state index is 0.115. The van der Waals surface area contributed by atoms with Crippen molar-refractivity contribution >= 4 is 28.5 Å². The van der Waals surface area contributed by atoms with Crippen LogP contribution in [-0.4, -0.2) is 24.5 Å². The van der Waals surface area contributed by atoms with Gasteiger partial charge < -0.3 is 14.1 Å². The molecule has 0 unspecified atom stereocenters. The van der Waals surface area contributed by atoms with E-state index < -0.39 is 12.6 Å². The maximum absolute atomic E-state index is 12.6. The van der Waals surface area contributed by atoms with E-state index in [4.69, 9.17) is 9.15 Å². The van der Waals surface area contributed by atoms with E-state index in [0.717, 1.165) is 11.6 Å². The number of anilines is 1. The van der Waals surface area contributed by atoms with E-state index in [9.17, 15) is 14.4 Å². The number of aryl methyl sites for hydroxylation is 1. The van der Waals surface area contributed by atoms with E-state index in [1.54, 1.807) is 23.1 Å². The quantitative estimate of drug-likeness (QED) is 0.632. The maximum atomic E-state index is 12.6. The summed E-state index contributed by atoms with van der Waals surface area (Å²) in [5.41, 5.74) is 1.59. The van der Waals surface area contributed by atoms with Crippen LogP contribution in [0.25, 0.3) is 11.0 Å². The molecule has 0 aliphatic rings. The Morgan fingerprint density at radius 3 is 2.46 bits per heavy atom. The highest BCUT2D eigenvalue weighted by Gasteiger charge is 2.22. The van der Waals surface area contributed by atoms with E-state index in [2.05, 4.69) is 0 Å². The molecule has 0 bridgehead atoms. The zero-order valence-electron chi connectivity index (χ0n) is 16.0. The fraction of sp³-hybridized carbons (Fsp3) is 0.227. The predicted molar refractivity (Wildman–Crippen MR) is 107 cm³/mol. The Balaban J connectivity index is 1.76. The molecule has 6 nitrogen and oxygen atoms in total. The van der Waals surface area contributed by atoms with Gasteiger partial charge in [-0.25, -0.2) is 4.79 Å². The van der Waals surface area contributed by atoms with Gasteiger partial charge in [0, 0.05) is 17.8 Å². The van der Waals surface area contributed by atoms with Crippen LogP contribution in [0.5, 0.6) is 0 Å². The molecule has 0 spiro atoms. The minimum Gasteiger partial charge on any atom is -0.450 e. The van der Waals surface area contributed by atoms with E-state index >= 15 is 0 Å². The van der Waals surface area contributed by atoms with Gasteiger partial charge in [-0.2, -0.15) is 0 Å². The third kappa shape index (κ3) is 4.11. The number of hydrogen-bond donors (Lipinski definition) is 0. The van der Waals surface area contributed by atoms with Crippen molar-refractivity contribution in [2.45, 2.75) is 26.8 Å². The first-order chi connectivity index (χ1) is 13.4. The summed E-state index contributed by atoms with van der Waals surface area (Å²) in [6.07, 6.45) is 0. The minimum atomic E-state index is -0.857. The van der Waals surface area contributed by atoms with Gasteiger partial charge in [-0.15, -0.1) is 0 Å². The molecule has 1 amide bonds. The highest BCUT2D eigenvalue weighted by molar-refractivity contribution is 5.97. The lowest BCUT2D eigenvalue weighted by Crippen LogP contribution is -2.39. The number of amides is 1. The highest BCUT2D eigenvalue weighted by atomic mass is 16.5. The summed E-state index contributed by atoms with van der Waals surface area (Å²) < 4.78 is 10.6. The third-order valence-electron chi connectivity index (χ3n) is 4.23. The summed E-state index contributed by atoms with van der Waals surface area (Å²) in [6.45, 7) is 5.15. The molecule has 0 aliphatic carbocycles. The van der Waals surface area contributed by atoms with Crippen LogP contribution in [0.1, 0.15) is 30.0 Å². The molecule has 0 atom stereocenters. The lowest BCUT2D eigenvalue weighted by Gasteiger charge is -2.26. The largest absolute Gasteiger partial charge is 0.450 e. The summed E-state index contributed by atoms with van der Waals surface area (Å²) in [5, 5.41) is 0.391. The number of para-hydroxylation sites is 1. The average molecular weight is 379 g/mol. The van der Waals surface area contributed by atoms with Crippen LogP contribution in [0.4, 0.5) is 5.69 Å². The van der Waals surface area contributed by atoms with Crippen LogP contribution < -0.4 is 10.3 Å². The van der Waals surface area contributed by atoms with Gasteiger partial charge in [0.15, 0.2) is 12.0 Å². The Hall–Kier alpha value is -3.41. The van der Waals surface area contributed by atoms with Gasteiger partial charge in [0.2, 0.25) is 5.76 Å². The van der Waals surface area contributed by atoms with Crippen molar-refractivity contribution < 1.29 is 18.7 Å². The molecule has 0 aliphatic heterocycles. The monoisotopic (exact) mass is 379 g/mol. The van der Waals surface area contributed by atoms with Crippen molar-refractivity contribution in [3.8, 4) is 0 Å². The summed E-state index contributed by atoms with van der Waals surface area (Å²) in [7, 11) is 0. The lowest BCUT2D eigenvalue weighted by atomic mass is 10.1. The molecule has 0 fully saturated rings. The standard InChI is InChI=1S/C22H21NO5/c1-14(2)23(16-7-5-4-6-8-16)21(25)13-27-22(26)20-12-18(24)17-11-15(3)9-10-19(17)28-20/h4-12,14H,13H2,1-3H3. The fourth-order valence-electron chi connectivity index (χ4n) is 2.96. The lowest BCUT2D eigenvalue weighted by molar-refractivity contribution is -0.122. The second-order valence-corrected chi connectivity index (χ2v) is 6.74. The molecule has 0 saturated carbocycles. The third-order valence-corrected chi connectivity index (χ3v) is 4.23. The van der Waals surface area contributed by atoms with Crippen molar-refractivity contribution in [2.24, 2.45) is 0 Å². The molecule has 0 saturated heterocycles. The molecule has 1 heterocycles. The molecule has 0 N–H and O–H groups in total. The summed E-state index contributed by atoms with van der Waals surface area (Å²) in [4.78, 5) is 38.7. The number of nitrogens with zero attached hydrogens (tertiary/aromatic N) is 1. The van der Waals surface area contributed by atoms with Crippen molar-refractivity contribution in [3.63, 3.8) is 0 Å². The number of rotatable bonds is 5. The Kier molecular flexibility index (Phi) is 5.59. The Bertz CT molecular complexity index is 1070. The van der Waals surface area contributed by atoms with E-state index in [1.807, 2.05) is 51.1 Å². The fourth-order valence-corrected chi connectivity index (χ4v) is 2.96. The second kappa shape index (κ2) is 8.08. The summed E-state index contributed by atoms with van der Waals surface area (Å²) >= 11 is 0. The molecule has 2 aromatic carbocycles. The van der Waals surface area contributed by atoms with Gasteiger partial charge in [0.25, 0.3) is 5.91 Å². The molecular weight excluding hydrogens is 358 g/mol. The number of carbonyl (C=O) groups excluding carboxylic acids is 2. The number of hydrogen-bond acceptors (Lipinski definition) is 5. The van der Waals surface area contributed by atoms with Crippen molar-refractivity contribution in [1.82, 2.24) is 0 Å². The maximum Gasteiger partial charge on any atom is 0.374 e. The normalized spacial score (nSPS) is 10.9. The summed E-state index contributed by atoms with van der Waals surface area (Å²) in [5.74, 6) is -1.46. The Morgan fingerprint density at radius 2 is 1.79 bits per heavy atom. The van der Waals surface area contributed by atoms with Crippen molar-refractivity contribution in [3.05, 3.63) is 76.1 Å². The van der Waals surface area contributed by atoms with Gasteiger partial charge in [0.1, 0.15) is 5.58 Å². The van der Waals surface area contributed by atoms with Gasteiger partial charge in [0.05, 0.1) is 5.39 Å². The van der Waals surface area contributed by atoms with Crippen LogP contribution in [0.3, 0.4) is 0 Å². The van der Waals surface area contributed by atoms with E-state index in [1.165, 1.54) is 0 Å². The van der Waals surface area contributed by atoms with Crippen LogP contribution in [0.15, 0.2) is 63.8 Å². The number of ether oxygens (including phenoxy) is 1. The van der Waals surface area contributed by atoms with E-state index in [0.29, 0.717) is 16.7 Å². The first-order valence-corrected chi connectivity index (χ1v) is 8.95. The van der Waals surface area contributed by atoms with Crippen LogP contribution in [-0.2, 0) is 9.53 Å². The topological polar surface area (TPSA) is 76.8 Å². The number of esters is 1. The van der Waals surface area contributed by atoms with Gasteiger partial charge in [-0.3, -0.25) is 9.59 Å². The number of fused-ring (bicyclic) bond motifs is 1. The molecule has 1 aromatic heterocycles. The molecular formula is C22H21NO5.